The molecule has 2 atom stereocenters. The summed E-state index contributed by atoms with van der Waals surface area (Å²) in [4.78, 5) is 14.3. The second-order valence-electron chi connectivity index (χ2n) is 2.93. The topological polar surface area (TPSA) is 106 Å². The Morgan fingerprint density at radius 3 is 2.67 bits per heavy atom. The highest BCUT2D eigenvalue weighted by Gasteiger charge is 2.24. The van der Waals surface area contributed by atoms with Crippen molar-refractivity contribution in [3.8, 4) is 5.75 Å². The Bertz CT molecular complexity index is 338. The summed E-state index contributed by atoms with van der Waals surface area (Å²) in [5.74, 6) is -0.755. The molecule has 0 bridgehead atoms. The van der Waals surface area contributed by atoms with Crippen LogP contribution in [0.15, 0.2) is 18.3 Å². The van der Waals surface area contributed by atoms with E-state index in [2.05, 4.69) is 4.98 Å². The van der Waals surface area contributed by atoms with E-state index in [1.54, 1.807) is 6.07 Å². The van der Waals surface area contributed by atoms with Crippen LogP contribution in [-0.4, -0.2) is 34.3 Å². The average molecular weight is 212 g/mol. The zero-order valence-corrected chi connectivity index (χ0v) is 8.12. The van der Waals surface area contributed by atoms with Gasteiger partial charge in [-0.3, -0.25) is 9.78 Å². The zero-order valence-electron chi connectivity index (χ0n) is 8.12. The molecule has 6 heteroatoms. The minimum Gasteiger partial charge on any atom is -0.495 e. The van der Waals surface area contributed by atoms with Crippen molar-refractivity contribution in [3.63, 3.8) is 0 Å². The van der Waals surface area contributed by atoms with Gasteiger partial charge in [-0.05, 0) is 12.1 Å². The molecule has 0 saturated carbocycles. The third-order valence-electron chi connectivity index (χ3n) is 1.92. The van der Waals surface area contributed by atoms with Gasteiger partial charge in [0.15, 0.2) is 0 Å². The van der Waals surface area contributed by atoms with Gasteiger partial charge in [0.1, 0.15) is 17.9 Å². The average Bonchev–Trinajstić information content (AvgIpc) is 2.27. The lowest BCUT2D eigenvalue weighted by molar-refractivity contribution is -0.141. The van der Waals surface area contributed by atoms with Crippen molar-refractivity contribution in [2.24, 2.45) is 5.73 Å². The Kier molecular flexibility index (Phi) is 3.59. The SMILES string of the molecule is COc1ccc(C(O)C(N)C(=O)O)nc1. The van der Waals surface area contributed by atoms with E-state index in [9.17, 15) is 9.90 Å². The number of rotatable bonds is 4. The molecule has 1 aromatic heterocycles. The van der Waals surface area contributed by atoms with Gasteiger partial charge in [-0.15, -0.1) is 0 Å². The van der Waals surface area contributed by atoms with Crippen molar-refractivity contribution in [3.05, 3.63) is 24.0 Å². The summed E-state index contributed by atoms with van der Waals surface area (Å²) in [6.45, 7) is 0. The molecule has 0 aliphatic carbocycles. The fourth-order valence-electron chi connectivity index (χ4n) is 1.01. The Hall–Kier alpha value is -1.66. The number of carboxylic acids is 1. The largest absolute Gasteiger partial charge is 0.495 e. The predicted octanol–water partition coefficient (Wildman–Crippen LogP) is -0.465. The Morgan fingerprint density at radius 1 is 1.60 bits per heavy atom. The molecule has 1 rings (SSSR count). The molecule has 2 unspecified atom stereocenters. The number of aliphatic hydroxyl groups excluding tert-OH is 1. The zero-order chi connectivity index (χ0) is 11.4. The summed E-state index contributed by atoms with van der Waals surface area (Å²) in [6, 6.07) is 1.65. The molecule has 0 radical (unpaired) electrons. The van der Waals surface area contributed by atoms with Gasteiger partial charge in [-0.2, -0.15) is 0 Å². The van der Waals surface area contributed by atoms with E-state index in [1.165, 1.54) is 19.4 Å². The van der Waals surface area contributed by atoms with Crippen molar-refractivity contribution in [2.45, 2.75) is 12.1 Å². The van der Waals surface area contributed by atoms with Gasteiger partial charge in [0.05, 0.1) is 19.0 Å². The highest BCUT2D eigenvalue weighted by molar-refractivity contribution is 5.74. The first kappa shape index (κ1) is 11.4. The van der Waals surface area contributed by atoms with Crippen LogP contribution in [-0.2, 0) is 4.79 Å². The maximum atomic E-state index is 10.5. The second-order valence-corrected chi connectivity index (χ2v) is 2.93. The van der Waals surface area contributed by atoms with E-state index in [-0.39, 0.29) is 5.69 Å². The number of nitrogens with two attached hydrogens (primary N) is 1. The highest BCUT2D eigenvalue weighted by atomic mass is 16.5. The van der Waals surface area contributed by atoms with Crippen molar-refractivity contribution in [2.75, 3.05) is 7.11 Å². The molecule has 15 heavy (non-hydrogen) atoms. The molecule has 0 amide bonds. The maximum Gasteiger partial charge on any atom is 0.323 e. The fourth-order valence-corrected chi connectivity index (χ4v) is 1.01. The van der Waals surface area contributed by atoms with E-state index in [0.29, 0.717) is 5.75 Å². The van der Waals surface area contributed by atoms with Crippen molar-refractivity contribution in [1.29, 1.82) is 0 Å². The third-order valence-corrected chi connectivity index (χ3v) is 1.92. The maximum absolute atomic E-state index is 10.5. The predicted molar refractivity (Wildman–Crippen MR) is 51.4 cm³/mol. The van der Waals surface area contributed by atoms with E-state index in [4.69, 9.17) is 15.6 Å². The Morgan fingerprint density at radius 2 is 2.27 bits per heavy atom. The molecule has 0 aliphatic heterocycles. The van der Waals surface area contributed by atoms with Gasteiger partial charge in [0.25, 0.3) is 0 Å². The van der Waals surface area contributed by atoms with E-state index >= 15 is 0 Å². The molecule has 0 saturated heterocycles. The number of aliphatic carboxylic acids is 1. The molecule has 6 nitrogen and oxygen atoms in total. The van der Waals surface area contributed by atoms with Crippen molar-refractivity contribution in [1.82, 2.24) is 4.98 Å². The van der Waals surface area contributed by atoms with Crippen molar-refractivity contribution < 1.29 is 19.7 Å². The molecule has 4 N–H and O–H groups in total. The van der Waals surface area contributed by atoms with E-state index in [0.717, 1.165) is 0 Å². The van der Waals surface area contributed by atoms with Crippen LogP contribution in [0.3, 0.4) is 0 Å². The summed E-state index contributed by atoms with van der Waals surface area (Å²) in [5.41, 5.74) is 5.44. The molecule has 0 aromatic carbocycles. The summed E-state index contributed by atoms with van der Waals surface area (Å²) in [5, 5.41) is 18.1. The van der Waals surface area contributed by atoms with Crippen LogP contribution in [0.2, 0.25) is 0 Å². The van der Waals surface area contributed by atoms with Crippen LogP contribution in [0.25, 0.3) is 0 Å². The highest BCUT2D eigenvalue weighted by Crippen LogP contribution is 2.16. The number of ether oxygens (including phenoxy) is 1. The number of nitrogens with zero attached hydrogens (tertiary/aromatic N) is 1. The van der Waals surface area contributed by atoms with E-state index < -0.39 is 18.1 Å². The minimum atomic E-state index is -1.38. The molecule has 1 heterocycles. The van der Waals surface area contributed by atoms with Crippen LogP contribution in [0.1, 0.15) is 11.8 Å². The number of aliphatic hydroxyl groups is 1. The van der Waals surface area contributed by atoms with Crippen LogP contribution >= 0.6 is 0 Å². The lowest BCUT2D eigenvalue weighted by Gasteiger charge is -2.14. The number of carbonyl (C=O) groups is 1. The molecule has 0 spiro atoms. The number of aromatic nitrogens is 1. The van der Waals surface area contributed by atoms with Crippen LogP contribution in [0.4, 0.5) is 0 Å². The number of pyridine rings is 1. The Balaban J connectivity index is 2.82. The van der Waals surface area contributed by atoms with Crippen molar-refractivity contribution >= 4 is 5.97 Å². The van der Waals surface area contributed by atoms with E-state index in [1.807, 2.05) is 0 Å². The molecular weight excluding hydrogens is 200 g/mol. The Labute approximate surface area is 86.3 Å². The molecule has 0 fully saturated rings. The normalized spacial score (nSPS) is 14.3. The quantitative estimate of drug-likeness (QED) is 0.623. The van der Waals surface area contributed by atoms with Gasteiger partial charge in [-0.1, -0.05) is 0 Å². The molecule has 0 aliphatic rings. The molecule has 82 valence electrons. The lowest BCUT2D eigenvalue weighted by Crippen LogP contribution is -2.36. The second kappa shape index (κ2) is 4.72. The summed E-state index contributed by atoms with van der Waals surface area (Å²) in [6.07, 6.45) is 0.0565. The van der Waals surface area contributed by atoms with Gasteiger partial charge in [0.2, 0.25) is 0 Å². The summed E-state index contributed by atoms with van der Waals surface area (Å²) in [7, 11) is 1.48. The first-order valence-electron chi connectivity index (χ1n) is 4.22. The van der Waals surface area contributed by atoms with Gasteiger partial charge >= 0.3 is 5.97 Å². The summed E-state index contributed by atoms with van der Waals surface area (Å²) < 4.78 is 4.87. The first-order chi connectivity index (χ1) is 7.06. The van der Waals surface area contributed by atoms with Gasteiger partial charge < -0.3 is 20.7 Å². The van der Waals surface area contributed by atoms with Crippen LogP contribution in [0, 0.1) is 0 Å². The monoisotopic (exact) mass is 212 g/mol. The number of carboxylic acid groups (broad SMARTS) is 1. The number of methoxy groups -OCH3 is 1. The van der Waals surface area contributed by atoms with Crippen LogP contribution in [0.5, 0.6) is 5.75 Å². The van der Waals surface area contributed by atoms with Crippen LogP contribution < -0.4 is 10.5 Å². The fraction of sp³-hybridized carbons (Fsp3) is 0.333. The van der Waals surface area contributed by atoms with Gasteiger partial charge in [0, 0.05) is 0 Å². The number of hydrogen-bond acceptors (Lipinski definition) is 5. The minimum absolute atomic E-state index is 0.200. The smallest absolute Gasteiger partial charge is 0.323 e. The molecular formula is C9H12N2O4. The third kappa shape index (κ3) is 2.64. The lowest BCUT2D eigenvalue weighted by atomic mass is 10.1. The first-order valence-corrected chi connectivity index (χ1v) is 4.22. The standard InChI is InChI=1S/C9H12N2O4/c1-15-5-2-3-6(11-4-5)8(12)7(10)9(13)14/h2-4,7-8,12H,10H2,1H3,(H,13,14). The van der Waals surface area contributed by atoms with Gasteiger partial charge in [-0.25, -0.2) is 0 Å². The number of hydrogen-bond donors (Lipinski definition) is 3. The molecule has 1 aromatic rings. The summed E-state index contributed by atoms with van der Waals surface area (Å²) >= 11 is 0.